The van der Waals surface area contributed by atoms with E-state index in [4.69, 9.17) is 9.47 Å². The molecule has 2 aromatic rings. The van der Waals surface area contributed by atoms with Gasteiger partial charge in [0.1, 0.15) is 17.5 Å². The molecule has 13 nitrogen and oxygen atoms in total. The first-order valence-electron chi connectivity index (χ1n) is 16.3. The van der Waals surface area contributed by atoms with Crippen LogP contribution < -0.4 is 10.1 Å². The van der Waals surface area contributed by atoms with Gasteiger partial charge in [-0.3, -0.25) is 19.2 Å². The normalized spacial score (nSPS) is 19.2. The van der Waals surface area contributed by atoms with E-state index in [0.29, 0.717) is 22.6 Å². The Balaban J connectivity index is 1.28. The average molecular weight is 638 g/mol. The highest BCUT2D eigenvalue weighted by Gasteiger charge is 2.36. The lowest BCUT2D eigenvalue weighted by Gasteiger charge is -2.35. The monoisotopic (exact) mass is 637 g/mol. The number of carbonyl (C=O) groups is 5. The van der Waals surface area contributed by atoms with Crippen LogP contribution >= 0.6 is 0 Å². The van der Waals surface area contributed by atoms with Crippen molar-refractivity contribution >= 4 is 40.7 Å². The summed E-state index contributed by atoms with van der Waals surface area (Å²) in [6, 6.07) is 7.71. The second-order valence-electron chi connectivity index (χ2n) is 12.1. The van der Waals surface area contributed by atoms with E-state index in [1.54, 1.807) is 25.1 Å². The third-order valence-corrected chi connectivity index (χ3v) is 9.19. The second-order valence-corrected chi connectivity index (χ2v) is 12.1. The molecule has 46 heavy (non-hydrogen) atoms. The molecule has 1 aliphatic carbocycles. The molecule has 2 N–H and O–H groups in total. The summed E-state index contributed by atoms with van der Waals surface area (Å²) in [5, 5.41) is 12.6. The number of carboxylic acids is 1. The molecular weight excluding hydrogens is 594 g/mol. The molecule has 3 aliphatic rings. The highest BCUT2D eigenvalue weighted by molar-refractivity contribution is 5.99. The molecule has 1 aromatic heterocycles. The fraction of sp³-hybridized carbons (Fsp3) is 0.576. The lowest BCUT2D eigenvalue weighted by Crippen LogP contribution is -2.56. The van der Waals surface area contributed by atoms with E-state index in [9.17, 15) is 29.1 Å². The Morgan fingerprint density at radius 2 is 1.70 bits per heavy atom. The van der Waals surface area contributed by atoms with Gasteiger partial charge >= 0.3 is 12.1 Å². The summed E-state index contributed by atoms with van der Waals surface area (Å²) >= 11 is 0. The van der Waals surface area contributed by atoms with Gasteiger partial charge < -0.3 is 34.6 Å². The third kappa shape index (κ3) is 7.86. The average Bonchev–Trinajstić information content (AvgIpc) is 3.78. The second kappa shape index (κ2) is 15.2. The maximum atomic E-state index is 13.5. The lowest BCUT2D eigenvalue weighted by atomic mass is 9.96. The van der Waals surface area contributed by atoms with Crippen LogP contribution in [0.25, 0.3) is 10.9 Å². The van der Waals surface area contributed by atoms with Crippen LogP contribution in [0.1, 0.15) is 68.8 Å². The van der Waals surface area contributed by atoms with Crippen LogP contribution in [-0.2, 0) is 19.1 Å². The summed E-state index contributed by atoms with van der Waals surface area (Å²) in [7, 11) is 0. The predicted molar refractivity (Wildman–Crippen MR) is 167 cm³/mol. The number of rotatable bonds is 11. The Hall–Kier alpha value is -4.42. The molecule has 0 bridgehead atoms. The largest absolute Gasteiger partial charge is 0.483 e. The molecule has 1 unspecified atom stereocenters. The van der Waals surface area contributed by atoms with Gasteiger partial charge in [0.15, 0.2) is 6.61 Å². The number of likely N-dealkylation sites (tertiary alicyclic amines) is 1. The van der Waals surface area contributed by atoms with Gasteiger partial charge in [-0.05, 0) is 57.1 Å². The Morgan fingerprint density at radius 1 is 0.978 bits per heavy atom. The van der Waals surface area contributed by atoms with Crippen molar-refractivity contribution in [1.82, 2.24) is 25.0 Å². The van der Waals surface area contributed by atoms with Crippen LogP contribution in [0.3, 0.4) is 0 Å². The van der Waals surface area contributed by atoms with Crippen LogP contribution in [0.4, 0.5) is 4.79 Å². The van der Waals surface area contributed by atoms with E-state index < -0.39 is 29.9 Å². The highest BCUT2D eigenvalue weighted by atomic mass is 16.6. The van der Waals surface area contributed by atoms with Crippen LogP contribution in [0.5, 0.6) is 5.75 Å². The van der Waals surface area contributed by atoms with Crippen molar-refractivity contribution in [1.29, 1.82) is 0 Å². The third-order valence-electron chi connectivity index (χ3n) is 9.19. The molecule has 1 aromatic carbocycles. The first kappa shape index (κ1) is 33.0. The summed E-state index contributed by atoms with van der Waals surface area (Å²) < 4.78 is 11.1. The number of aliphatic carboxylic acids is 1. The number of piperazine rings is 1. The van der Waals surface area contributed by atoms with Crippen LogP contribution in [-0.4, -0.2) is 113 Å². The fourth-order valence-electron chi connectivity index (χ4n) is 6.84. The van der Waals surface area contributed by atoms with Gasteiger partial charge in [0, 0.05) is 56.6 Å². The van der Waals surface area contributed by atoms with Crippen molar-refractivity contribution in [3.05, 3.63) is 36.0 Å². The zero-order chi connectivity index (χ0) is 32.6. The number of ether oxygens (including phenoxy) is 2. The summed E-state index contributed by atoms with van der Waals surface area (Å²) in [5.74, 6) is -1.42. The Kier molecular flexibility index (Phi) is 10.9. The Morgan fingerprint density at radius 3 is 2.41 bits per heavy atom. The first-order chi connectivity index (χ1) is 22.2. The molecule has 3 heterocycles. The van der Waals surface area contributed by atoms with Crippen molar-refractivity contribution < 1.29 is 38.6 Å². The van der Waals surface area contributed by atoms with Crippen molar-refractivity contribution in [2.45, 2.75) is 70.4 Å². The van der Waals surface area contributed by atoms with Gasteiger partial charge in [0.05, 0.1) is 12.1 Å². The molecule has 0 spiro atoms. The van der Waals surface area contributed by atoms with E-state index >= 15 is 0 Å². The summed E-state index contributed by atoms with van der Waals surface area (Å²) in [4.78, 5) is 73.2. The van der Waals surface area contributed by atoms with Gasteiger partial charge in [-0.2, -0.15) is 0 Å². The number of aromatic nitrogens is 1. The number of hydrogen-bond donors (Lipinski definition) is 2. The molecule has 2 saturated heterocycles. The quantitative estimate of drug-likeness (QED) is 0.378. The number of nitrogens with one attached hydrogen (secondary N) is 1. The predicted octanol–water partition coefficient (Wildman–Crippen LogP) is 3.06. The van der Waals surface area contributed by atoms with E-state index in [-0.39, 0.29) is 69.9 Å². The Labute approximate surface area is 268 Å². The van der Waals surface area contributed by atoms with E-state index in [1.165, 1.54) is 28.7 Å². The lowest BCUT2D eigenvalue weighted by molar-refractivity contribution is -0.138. The van der Waals surface area contributed by atoms with Gasteiger partial charge in [-0.25, -0.2) is 9.78 Å². The number of hydrogen-bond acceptors (Lipinski definition) is 8. The number of carboxylic acid groups (broad SMARTS) is 1. The summed E-state index contributed by atoms with van der Waals surface area (Å²) in [6.45, 7) is 3.46. The van der Waals surface area contributed by atoms with Crippen LogP contribution in [0, 0.1) is 5.92 Å². The van der Waals surface area contributed by atoms with E-state index in [0.717, 1.165) is 32.2 Å². The molecule has 3 fully saturated rings. The highest BCUT2D eigenvalue weighted by Crippen LogP contribution is 2.35. The molecule has 0 radical (unpaired) electrons. The SMILES string of the molecule is CCOC(=O)N1CCN(C(=O)C(CCC(=O)O)NC(=O)c2cc(OCC(=O)N3CCC[C@H]3C3CCCC3)c3ccccc3n2)CC1. The topological polar surface area (TPSA) is 159 Å². The molecule has 5 rings (SSSR count). The van der Waals surface area contributed by atoms with Crippen LogP contribution in [0.2, 0.25) is 0 Å². The molecule has 2 aliphatic heterocycles. The molecule has 1 saturated carbocycles. The zero-order valence-electron chi connectivity index (χ0n) is 26.3. The zero-order valence-corrected chi connectivity index (χ0v) is 26.3. The van der Waals surface area contributed by atoms with Crippen molar-refractivity contribution in [3.63, 3.8) is 0 Å². The molecule has 4 amide bonds. The first-order valence-corrected chi connectivity index (χ1v) is 16.3. The molecule has 248 valence electrons. The summed E-state index contributed by atoms with van der Waals surface area (Å²) in [6.07, 6.45) is 5.82. The number of fused-ring (bicyclic) bond motifs is 1. The number of amides is 4. The smallest absolute Gasteiger partial charge is 0.409 e. The minimum Gasteiger partial charge on any atom is -0.483 e. The molecule has 13 heteroatoms. The number of benzene rings is 1. The standard InChI is InChI=1S/C33H43N5O8/c1-2-45-33(44)37-18-16-36(17-19-37)32(43)25(13-14-30(40)41)35-31(42)26-20-28(23-10-5-6-11-24(23)34-26)46-21-29(39)38-15-7-12-27(38)22-8-3-4-9-22/h5-6,10-11,20,22,25,27H,2-4,7-9,12-19,21H2,1H3,(H,35,42)(H,40,41)/t25?,27-/m0/s1. The van der Waals surface area contributed by atoms with Gasteiger partial charge in [0.25, 0.3) is 11.8 Å². The molecular formula is C33H43N5O8. The number of para-hydroxylation sites is 1. The fourth-order valence-corrected chi connectivity index (χ4v) is 6.84. The van der Waals surface area contributed by atoms with E-state index in [1.807, 2.05) is 11.0 Å². The minimum atomic E-state index is -1.13. The maximum Gasteiger partial charge on any atom is 0.409 e. The minimum absolute atomic E-state index is 0.0218. The van der Waals surface area contributed by atoms with Crippen molar-refractivity contribution in [2.24, 2.45) is 5.92 Å². The van der Waals surface area contributed by atoms with Gasteiger partial charge in [-0.15, -0.1) is 0 Å². The van der Waals surface area contributed by atoms with Gasteiger partial charge in [0.2, 0.25) is 5.91 Å². The van der Waals surface area contributed by atoms with Crippen molar-refractivity contribution in [3.8, 4) is 5.75 Å². The number of pyridine rings is 1. The Bertz CT molecular complexity index is 1440. The maximum absolute atomic E-state index is 13.5. The summed E-state index contributed by atoms with van der Waals surface area (Å²) in [5.41, 5.74) is 0.456. The molecule has 2 atom stereocenters. The van der Waals surface area contributed by atoms with Crippen molar-refractivity contribution in [2.75, 3.05) is 45.9 Å². The number of carbonyl (C=O) groups excluding carboxylic acids is 4. The van der Waals surface area contributed by atoms with Crippen LogP contribution in [0.15, 0.2) is 30.3 Å². The van der Waals surface area contributed by atoms with E-state index in [2.05, 4.69) is 10.3 Å². The number of nitrogens with zero attached hydrogens (tertiary/aromatic N) is 4. The van der Waals surface area contributed by atoms with Gasteiger partial charge in [-0.1, -0.05) is 25.0 Å².